The van der Waals surface area contributed by atoms with Crippen molar-refractivity contribution in [2.75, 3.05) is 30.0 Å². The van der Waals surface area contributed by atoms with E-state index in [1.807, 2.05) is 61.5 Å². The number of carbonyl (C=O) groups excluding carboxylic acids is 3. The van der Waals surface area contributed by atoms with Crippen LogP contribution in [-0.2, 0) is 19.9 Å². The highest BCUT2D eigenvalue weighted by Gasteiger charge is 2.66. The number of likely N-dealkylation sites (tertiary alicyclic amines) is 1. The molecular weight excluding hydrogens is 565 g/mol. The quantitative estimate of drug-likeness (QED) is 0.319. The van der Waals surface area contributed by atoms with Crippen molar-refractivity contribution in [1.29, 1.82) is 0 Å². The molecule has 0 radical (unpaired) electrons. The van der Waals surface area contributed by atoms with Gasteiger partial charge in [0.1, 0.15) is 0 Å². The van der Waals surface area contributed by atoms with E-state index < -0.39 is 31.6 Å². The fourth-order valence-electron chi connectivity index (χ4n) is 8.30. The first kappa shape index (κ1) is 28.2. The van der Waals surface area contributed by atoms with Crippen molar-refractivity contribution in [2.24, 2.45) is 5.92 Å². The molecule has 2 fully saturated rings. The standard InChI is InChI=1S/C33H36FN3O5Si/c1-19-30(43(3,4)34)27(17-28(39)36-15-7-10-22(36)18-38)42-33(19)24-16-21(13-14-25(24)35(2)32(33)41)37-26-12-6-9-20-8-5-11-23(29(20)26)31(37)40/h5-6,8-9,11-14,16,19,22,27,30,38H,7,10,15,17-18H2,1-4H3/t19-,22-,27+,30-,33+/m0/s1. The number of aliphatic hydroxyl groups excluding tert-OH is 1. The van der Waals surface area contributed by atoms with Crippen LogP contribution in [-0.4, -0.2) is 68.5 Å². The van der Waals surface area contributed by atoms with E-state index in [4.69, 9.17) is 4.74 Å². The summed E-state index contributed by atoms with van der Waals surface area (Å²) in [6, 6.07) is 16.7. The normalized spacial score (nSPS) is 28.2. The molecule has 8 nitrogen and oxygen atoms in total. The van der Waals surface area contributed by atoms with Crippen molar-refractivity contribution in [3.05, 3.63) is 65.7 Å². The largest absolute Gasteiger partial charge is 0.394 e. The first-order valence-corrected chi connectivity index (χ1v) is 18.0. The predicted molar refractivity (Wildman–Crippen MR) is 165 cm³/mol. The summed E-state index contributed by atoms with van der Waals surface area (Å²) in [4.78, 5) is 46.3. The van der Waals surface area contributed by atoms with Gasteiger partial charge in [-0.3, -0.25) is 19.3 Å². The average molecular weight is 602 g/mol. The summed E-state index contributed by atoms with van der Waals surface area (Å²) in [5, 5.41) is 11.6. The highest BCUT2D eigenvalue weighted by atomic mass is 28.4. The summed E-state index contributed by atoms with van der Waals surface area (Å²) in [6.45, 7) is 5.52. The Kier molecular flexibility index (Phi) is 6.36. The highest BCUT2D eigenvalue weighted by Crippen LogP contribution is 2.60. The second-order valence-corrected chi connectivity index (χ2v) is 16.7. The summed E-state index contributed by atoms with van der Waals surface area (Å²) in [5.74, 6) is -1.18. The average Bonchev–Trinajstić information content (AvgIpc) is 3.70. The molecular formula is C33H36FN3O5Si. The number of aliphatic hydroxyl groups is 1. The molecule has 0 saturated carbocycles. The molecule has 4 aliphatic heterocycles. The van der Waals surface area contributed by atoms with Crippen LogP contribution in [0.1, 0.15) is 42.1 Å². The molecule has 7 rings (SSSR count). The Morgan fingerprint density at radius 2 is 1.86 bits per heavy atom. The molecule has 3 aromatic rings. The van der Waals surface area contributed by atoms with Gasteiger partial charge in [-0.1, -0.05) is 31.2 Å². The number of benzene rings is 3. The maximum Gasteiger partial charge on any atom is 0.264 e. The molecule has 4 heterocycles. The second kappa shape index (κ2) is 9.70. The zero-order valence-electron chi connectivity index (χ0n) is 24.8. The third-order valence-electron chi connectivity index (χ3n) is 10.2. The number of hydrogen-bond donors (Lipinski definition) is 1. The van der Waals surface area contributed by atoms with E-state index in [9.17, 15) is 19.5 Å². The minimum atomic E-state index is -3.45. The topological polar surface area (TPSA) is 90.4 Å². The summed E-state index contributed by atoms with van der Waals surface area (Å²) in [6.07, 6.45) is 0.684. The third-order valence-corrected chi connectivity index (χ3v) is 12.6. The lowest BCUT2D eigenvalue weighted by Crippen LogP contribution is -2.44. The van der Waals surface area contributed by atoms with E-state index in [1.165, 1.54) is 0 Å². The van der Waals surface area contributed by atoms with Crippen LogP contribution < -0.4 is 9.80 Å². The van der Waals surface area contributed by atoms with Crippen LogP contribution in [0.15, 0.2) is 54.6 Å². The molecule has 43 heavy (non-hydrogen) atoms. The number of nitrogens with zero attached hydrogens (tertiary/aromatic N) is 3. The van der Waals surface area contributed by atoms with Crippen LogP contribution in [0.5, 0.6) is 0 Å². The molecule has 10 heteroatoms. The van der Waals surface area contributed by atoms with Gasteiger partial charge in [0.2, 0.25) is 14.3 Å². The van der Waals surface area contributed by atoms with Crippen LogP contribution in [0.2, 0.25) is 18.6 Å². The van der Waals surface area contributed by atoms with Crippen LogP contribution in [0.3, 0.4) is 0 Å². The Hall–Kier alpha value is -3.60. The van der Waals surface area contributed by atoms with Gasteiger partial charge in [-0.05, 0) is 61.7 Å². The van der Waals surface area contributed by atoms with Gasteiger partial charge in [-0.2, -0.15) is 0 Å². The second-order valence-electron chi connectivity index (χ2n) is 12.9. The van der Waals surface area contributed by atoms with Gasteiger partial charge >= 0.3 is 0 Å². The fraction of sp³-hybridized carbons (Fsp3) is 0.424. The predicted octanol–water partition coefficient (Wildman–Crippen LogP) is 5.26. The number of amides is 3. The molecule has 5 atom stereocenters. The third kappa shape index (κ3) is 3.89. The van der Waals surface area contributed by atoms with Gasteiger partial charge in [0.15, 0.2) is 5.60 Å². The minimum absolute atomic E-state index is 0.0540. The molecule has 4 aliphatic rings. The molecule has 0 aromatic heterocycles. The van der Waals surface area contributed by atoms with Crippen LogP contribution in [0, 0.1) is 5.92 Å². The number of carbonyl (C=O) groups is 3. The lowest BCUT2D eigenvalue weighted by molar-refractivity contribution is -0.149. The van der Waals surface area contributed by atoms with Crippen molar-refractivity contribution in [3.63, 3.8) is 0 Å². The molecule has 3 aromatic carbocycles. The van der Waals surface area contributed by atoms with E-state index in [0.29, 0.717) is 29.0 Å². The Bertz CT molecular complexity index is 1690. The number of rotatable bonds is 5. The highest BCUT2D eigenvalue weighted by molar-refractivity contribution is 6.72. The molecule has 1 spiro atoms. The van der Waals surface area contributed by atoms with Crippen LogP contribution in [0.25, 0.3) is 10.8 Å². The van der Waals surface area contributed by atoms with E-state index in [1.54, 1.807) is 34.8 Å². The van der Waals surface area contributed by atoms with E-state index >= 15 is 4.11 Å². The summed E-state index contributed by atoms with van der Waals surface area (Å²) < 4.78 is 22.9. The van der Waals surface area contributed by atoms with Crippen molar-refractivity contribution in [1.82, 2.24) is 4.90 Å². The van der Waals surface area contributed by atoms with Crippen molar-refractivity contribution < 1.29 is 28.3 Å². The lowest BCUT2D eigenvalue weighted by Gasteiger charge is -2.31. The van der Waals surface area contributed by atoms with E-state index in [0.717, 1.165) is 29.3 Å². The smallest absolute Gasteiger partial charge is 0.264 e. The Morgan fingerprint density at radius 3 is 2.58 bits per heavy atom. The van der Waals surface area contributed by atoms with Gasteiger partial charge in [0.25, 0.3) is 11.8 Å². The van der Waals surface area contributed by atoms with Crippen molar-refractivity contribution in [2.45, 2.75) is 62.6 Å². The molecule has 0 aliphatic carbocycles. The maximum atomic E-state index is 16.2. The molecule has 1 N–H and O–H groups in total. The van der Waals surface area contributed by atoms with Crippen molar-refractivity contribution >= 4 is 54.0 Å². The number of likely N-dealkylation sites (N-methyl/N-ethyl adjacent to an activating group) is 1. The lowest BCUT2D eigenvalue weighted by atomic mass is 9.82. The Balaban J connectivity index is 1.31. The molecule has 3 amide bonds. The van der Waals surface area contributed by atoms with Crippen LogP contribution in [0.4, 0.5) is 21.2 Å². The van der Waals surface area contributed by atoms with Gasteiger partial charge in [0.05, 0.1) is 42.1 Å². The Labute approximate surface area is 251 Å². The Morgan fingerprint density at radius 1 is 1.12 bits per heavy atom. The molecule has 0 bridgehead atoms. The molecule has 0 unspecified atom stereocenters. The van der Waals surface area contributed by atoms with E-state index in [2.05, 4.69) is 0 Å². The zero-order valence-corrected chi connectivity index (χ0v) is 25.8. The number of halogens is 1. The first-order chi connectivity index (χ1) is 20.5. The van der Waals surface area contributed by atoms with Gasteiger partial charge in [-0.25, -0.2) is 0 Å². The molecule has 2 saturated heterocycles. The SMILES string of the molecule is C[C@H]1[C@H]([Si](C)(C)F)[C@@H](CC(=O)N2CCC[C@H]2CO)O[C@]12C(=O)N(C)c1ccc(N3C(=O)c4cccc5cccc3c45)cc12. The monoisotopic (exact) mass is 601 g/mol. The number of fused-ring (bicyclic) bond motifs is 2. The van der Waals surface area contributed by atoms with Gasteiger partial charge in [-0.15, -0.1) is 0 Å². The summed E-state index contributed by atoms with van der Waals surface area (Å²) in [5.41, 5.74) is 1.11. The summed E-state index contributed by atoms with van der Waals surface area (Å²) >= 11 is 0. The van der Waals surface area contributed by atoms with E-state index in [-0.39, 0.29) is 36.8 Å². The van der Waals surface area contributed by atoms with Gasteiger partial charge < -0.3 is 23.8 Å². The minimum Gasteiger partial charge on any atom is -0.394 e. The molecule has 224 valence electrons. The maximum absolute atomic E-state index is 16.2. The number of hydrogen-bond acceptors (Lipinski definition) is 5. The summed E-state index contributed by atoms with van der Waals surface area (Å²) in [7, 11) is -1.77. The fourth-order valence-corrected chi connectivity index (χ4v) is 10.8. The van der Waals surface area contributed by atoms with Crippen LogP contribution >= 0.6 is 0 Å². The van der Waals surface area contributed by atoms with Crippen molar-refractivity contribution in [3.8, 4) is 0 Å². The first-order valence-electron chi connectivity index (χ1n) is 15.0. The van der Waals surface area contributed by atoms with Gasteiger partial charge in [0, 0.05) is 41.7 Å². The number of ether oxygens (including phenoxy) is 1. The zero-order chi connectivity index (χ0) is 30.4. The number of anilines is 3.